The molecule has 0 amide bonds. The SMILES string of the molecule is COc1cc(Oc2cccc3ncccc23)c(F)cc1N. The summed E-state index contributed by atoms with van der Waals surface area (Å²) >= 11 is 0. The largest absolute Gasteiger partial charge is 0.494 e. The molecule has 21 heavy (non-hydrogen) atoms. The lowest BCUT2D eigenvalue weighted by Gasteiger charge is -2.12. The number of rotatable bonds is 3. The van der Waals surface area contributed by atoms with Crippen molar-refractivity contribution in [2.24, 2.45) is 0 Å². The molecule has 0 saturated carbocycles. The number of aromatic nitrogens is 1. The van der Waals surface area contributed by atoms with Gasteiger partial charge < -0.3 is 15.2 Å². The van der Waals surface area contributed by atoms with Gasteiger partial charge in [-0.3, -0.25) is 4.98 Å². The lowest BCUT2D eigenvalue weighted by Crippen LogP contribution is -1.96. The molecule has 1 aromatic heterocycles. The number of nitrogens with two attached hydrogens (primary N) is 1. The first-order chi connectivity index (χ1) is 10.2. The second-order valence-electron chi connectivity index (χ2n) is 4.45. The summed E-state index contributed by atoms with van der Waals surface area (Å²) in [5.74, 6) is 0.391. The Balaban J connectivity index is 2.07. The summed E-state index contributed by atoms with van der Waals surface area (Å²) < 4.78 is 24.7. The summed E-state index contributed by atoms with van der Waals surface area (Å²) in [5, 5.41) is 0.801. The molecule has 5 heteroatoms. The van der Waals surface area contributed by atoms with Crippen LogP contribution in [0.4, 0.5) is 10.1 Å². The summed E-state index contributed by atoms with van der Waals surface area (Å²) in [7, 11) is 1.47. The zero-order valence-corrected chi connectivity index (χ0v) is 11.3. The molecule has 0 radical (unpaired) electrons. The fourth-order valence-corrected chi connectivity index (χ4v) is 2.09. The van der Waals surface area contributed by atoms with Crippen molar-refractivity contribution in [2.75, 3.05) is 12.8 Å². The van der Waals surface area contributed by atoms with E-state index in [9.17, 15) is 4.39 Å². The zero-order valence-electron chi connectivity index (χ0n) is 11.3. The molecule has 3 rings (SSSR count). The van der Waals surface area contributed by atoms with E-state index >= 15 is 0 Å². The van der Waals surface area contributed by atoms with Crippen molar-refractivity contribution in [3.63, 3.8) is 0 Å². The van der Waals surface area contributed by atoms with Crippen LogP contribution in [0.1, 0.15) is 0 Å². The Bertz CT molecular complexity index is 800. The van der Waals surface area contributed by atoms with E-state index in [-0.39, 0.29) is 11.4 Å². The highest BCUT2D eigenvalue weighted by Gasteiger charge is 2.12. The molecule has 3 aromatic rings. The maximum Gasteiger partial charge on any atom is 0.168 e. The molecule has 0 fully saturated rings. The minimum atomic E-state index is -0.547. The van der Waals surface area contributed by atoms with Gasteiger partial charge in [-0.05, 0) is 24.3 Å². The van der Waals surface area contributed by atoms with Crippen molar-refractivity contribution in [3.05, 3.63) is 54.5 Å². The normalized spacial score (nSPS) is 10.6. The molecule has 0 spiro atoms. The number of nitrogen functional groups attached to an aromatic ring is 1. The Morgan fingerprint density at radius 3 is 2.71 bits per heavy atom. The van der Waals surface area contributed by atoms with E-state index in [1.165, 1.54) is 19.2 Å². The Kier molecular flexibility index (Phi) is 3.31. The first kappa shape index (κ1) is 13.2. The van der Waals surface area contributed by atoms with Crippen LogP contribution in [0.25, 0.3) is 10.9 Å². The van der Waals surface area contributed by atoms with Crippen LogP contribution in [-0.2, 0) is 0 Å². The number of halogens is 1. The molecule has 106 valence electrons. The molecule has 1 heterocycles. The number of pyridine rings is 1. The standard InChI is InChI=1S/C16H13FN2O2/c1-20-16-9-15(11(17)8-12(16)18)21-14-6-2-5-13-10(14)4-3-7-19-13/h2-9H,18H2,1H3. The maximum atomic E-state index is 14.0. The van der Waals surface area contributed by atoms with Gasteiger partial charge in [-0.2, -0.15) is 0 Å². The van der Waals surface area contributed by atoms with Gasteiger partial charge in [0, 0.05) is 23.7 Å². The van der Waals surface area contributed by atoms with Crippen LogP contribution < -0.4 is 15.2 Å². The summed E-state index contributed by atoms with van der Waals surface area (Å²) in [4.78, 5) is 4.24. The predicted octanol–water partition coefficient (Wildman–Crippen LogP) is 3.76. The van der Waals surface area contributed by atoms with Crippen molar-refractivity contribution >= 4 is 16.6 Å². The molecule has 0 aliphatic rings. The van der Waals surface area contributed by atoms with E-state index in [0.29, 0.717) is 11.5 Å². The molecule has 2 aromatic carbocycles. The summed E-state index contributed by atoms with van der Waals surface area (Å²) in [6, 6.07) is 11.7. The molecule has 0 atom stereocenters. The van der Waals surface area contributed by atoms with Gasteiger partial charge in [-0.1, -0.05) is 6.07 Å². The lowest BCUT2D eigenvalue weighted by molar-refractivity contribution is 0.404. The summed E-state index contributed by atoms with van der Waals surface area (Å²) in [5.41, 5.74) is 6.65. The highest BCUT2D eigenvalue weighted by Crippen LogP contribution is 2.35. The highest BCUT2D eigenvalue weighted by atomic mass is 19.1. The van der Waals surface area contributed by atoms with Gasteiger partial charge in [-0.25, -0.2) is 4.39 Å². The minimum absolute atomic E-state index is 0.0532. The van der Waals surface area contributed by atoms with Crippen molar-refractivity contribution in [3.8, 4) is 17.2 Å². The number of benzene rings is 2. The number of nitrogens with zero attached hydrogens (tertiary/aromatic N) is 1. The number of anilines is 1. The van der Waals surface area contributed by atoms with Gasteiger partial charge in [0.15, 0.2) is 11.6 Å². The van der Waals surface area contributed by atoms with Crippen LogP contribution in [0.3, 0.4) is 0 Å². The smallest absolute Gasteiger partial charge is 0.168 e. The third-order valence-corrected chi connectivity index (χ3v) is 3.11. The fourth-order valence-electron chi connectivity index (χ4n) is 2.09. The van der Waals surface area contributed by atoms with E-state index in [4.69, 9.17) is 15.2 Å². The van der Waals surface area contributed by atoms with Gasteiger partial charge in [0.05, 0.1) is 18.3 Å². The molecule has 0 bridgehead atoms. The van der Waals surface area contributed by atoms with Crippen molar-refractivity contribution < 1.29 is 13.9 Å². The van der Waals surface area contributed by atoms with Crippen molar-refractivity contribution in [1.29, 1.82) is 0 Å². The van der Waals surface area contributed by atoms with Gasteiger partial charge in [-0.15, -0.1) is 0 Å². The number of fused-ring (bicyclic) bond motifs is 1. The zero-order chi connectivity index (χ0) is 14.8. The number of hydrogen-bond donors (Lipinski definition) is 1. The van der Waals surface area contributed by atoms with E-state index < -0.39 is 5.82 Å². The quantitative estimate of drug-likeness (QED) is 0.744. The Morgan fingerprint density at radius 2 is 1.90 bits per heavy atom. The topological polar surface area (TPSA) is 57.4 Å². The third-order valence-electron chi connectivity index (χ3n) is 3.11. The van der Waals surface area contributed by atoms with Crippen LogP contribution in [0.5, 0.6) is 17.2 Å². The molecule has 2 N–H and O–H groups in total. The van der Waals surface area contributed by atoms with Crippen LogP contribution in [0.15, 0.2) is 48.7 Å². The molecule has 4 nitrogen and oxygen atoms in total. The first-order valence-electron chi connectivity index (χ1n) is 6.33. The molecule has 0 unspecified atom stereocenters. The molecule has 0 aliphatic heterocycles. The van der Waals surface area contributed by atoms with Crippen LogP contribution >= 0.6 is 0 Å². The molecule has 0 saturated heterocycles. The van der Waals surface area contributed by atoms with E-state index in [1.54, 1.807) is 24.4 Å². The van der Waals surface area contributed by atoms with E-state index in [0.717, 1.165) is 10.9 Å². The Hall–Kier alpha value is -2.82. The first-order valence-corrected chi connectivity index (χ1v) is 6.33. The number of methoxy groups -OCH3 is 1. The number of hydrogen-bond acceptors (Lipinski definition) is 4. The van der Waals surface area contributed by atoms with Gasteiger partial charge in [0.25, 0.3) is 0 Å². The van der Waals surface area contributed by atoms with Gasteiger partial charge in [0.2, 0.25) is 0 Å². The second-order valence-corrected chi connectivity index (χ2v) is 4.45. The summed E-state index contributed by atoms with van der Waals surface area (Å²) in [6.45, 7) is 0. The molecular weight excluding hydrogens is 271 g/mol. The van der Waals surface area contributed by atoms with E-state index in [2.05, 4.69) is 4.98 Å². The van der Waals surface area contributed by atoms with Crippen LogP contribution in [-0.4, -0.2) is 12.1 Å². The Morgan fingerprint density at radius 1 is 1.05 bits per heavy atom. The monoisotopic (exact) mass is 284 g/mol. The highest BCUT2D eigenvalue weighted by molar-refractivity contribution is 5.85. The van der Waals surface area contributed by atoms with Crippen LogP contribution in [0.2, 0.25) is 0 Å². The van der Waals surface area contributed by atoms with Crippen LogP contribution in [0, 0.1) is 5.82 Å². The predicted molar refractivity (Wildman–Crippen MR) is 79.2 cm³/mol. The lowest BCUT2D eigenvalue weighted by atomic mass is 10.2. The molecule has 0 aliphatic carbocycles. The Labute approximate surface area is 120 Å². The summed E-state index contributed by atoms with van der Waals surface area (Å²) in [6.07, 6.45) is 1.69. The van der Waals surface area contributed by atoms with Gasteiger partial charge >= 0.3 is 0 Å². The third kappa shape index (κ3) is 2.45. The average Bonchev–Trinajstić information content (AvgIpc) is 2.50. The average molecular weight is 284 g/mol. The van der Waals surface area contributed by atoms with E-state index in [1.807, 2.05) is 12.1 Å². The van der Waals surface area contributed by atoms with Crippen molar-refractivity contribution in [1.82, 2.24) is 4.98 Å². The minimum Gasteiger partial charge on any atom is -0.494 e. The fraction of sp³-hybridized carbons (Fsp3) is 0.0625. The number of ether oxygens (including phenoxy) is 2. The molecular formula is C16H13FN2O2. The van der Waals surface area contributed by atoms with Gasteiger partial charge in [0.1, 0.15) is 11.5 Å². The maximum absolute atomic E-state index is 14.0. The second kappa shape index (κ2) is 5.28. The van der Waals surface area contributed by atoms with Crippen molar-refractivity contribution in [2.45, 2.75) is 0 Å².